The molecule has 0 aliphatic carbocycles. The van der Waals surface area contributed by atoms with Crippen LogP contribution in [0.2, 0.25) is 0 Å². The first kappa shape index (κ1) is 33.9. The van der Waals surface area contributed by atoms with Gasteiger partial charge in [0, 0.05) is 36.0 Å². The Morgan fingerprint density at radius 3 is 2.43 bits per heavy atom. The minimum atomic E-state index is -1.78. The molecule has 0 radical (unpaired) electrons. The molecule has 17 heteroatoms. The first-order chi connectivity index (χ1) is 22.2. The number of carboxylic acids is 2. The Hall–Kier alpha value is -5.97. The number of β-lactam (4-membered cyclic amide) rings is 1. The predicted molar refractivity (Wildman–Crippen MR) is 172 cm³/mol. The van der Waals surface area contributed by atoms with Gasteiger partial charge in [-0.05, 0) is 37.1 Å². The SMILES string of the molecule is CNc1cc(O)c(O)cc1/C=N/Cc1ccc(/C=C(\C(=O)O)N2C[C@H](NC(=O)/C(=N\OC(C)(C)C(=O)O)c3csc(N)n3)C2=O)cc1. The monoisotopic (exact) mass is 665 g/mol. The zero-order valence-electron chi connectivity index (χ0n) is 25.3. The van der Waals surface area contributed by atoms with E-state index in [0.717, 1.165) is 21.8 Å². The number of likely N-dealkylation sites (tertiary alicyclic amines) is 1. The highest BCUT2D eigenvalue weighted by atomic mass is 32.1. The Bertz CT molecular complexity index is 1800. The van der Waals surface area contributed by atoms with Crippen LogP contribution in [0.5, 0.6) is 11.5 Å². The molecule has 2 aromatic carbocycles. The lowest BCUT2D eigenvalue weighted by atomic mass is 10.0. The molecule has 3 aromatic rings. The third-order valence-electron chi connectivity index (χ3n) is 6.81. The molecule has 1 aliphatic heterocycles. The van der Waals surface area contributed by atoms with Crippen molar-refractivity contribution in [3.05, 3.63) is 69.9 Å². The highest BCUT2D eigenvalue weighted by molar-refractivity contribution is 7.13. The number of carbonyl (C=O) groups excluding carboxylic acids is 2. The third-order valence-corrected chi connectivity index (χ3v) is 7.48. The lowest BCUT2D eigenvalue weighted by molar-refractivity contribution is -0.161. The number of nitrogen functional groups attached to an aromatic ring is 1. The number of anilines is 2. The van der Waals surface area contributed by atoms with Crippen molar-refractivity contribution in [3.8, 4) is 11.5 Å². The van der Waals surface area contributed by atoms with E-state index in [2.05, 4.69) is 25.8 Å². The standard InChI is InChI=1S/C30H31N7O9S/c1-30(2,28(44)45)46-36-24(20-14-47-29(31)35-20)25(40)34-19-13-37(26(19)41)21(27(42)43)8-15-4-6-16(7-5-15)11-33-12-17-9-22(38)23(39)10-18(17)32-3/h4-10,12,14,19,32,38-39H,11,13H2,1-3H3,(H2,31,35)(H,34,40)(H,42,43)(H,44,45)/b21-8+,33-12+,36-24-/t19-/m0/s1. The molecule has 47 heavy (non-hydrogen) atoms. The van der Waals surface area contributed by atoms with Gasteiger partial charge in [-0.15, -0.1) is 11.3 Å². The number of phenols is 2. The summed E-state index contributed by atoms with van der Waals surface area (Å²) in [6, 6.07) is 8.43. The van der Waals surface area contributed by atoms with Crippen LogP contribution in [0.3, 0.4) is 0 Å². The van der Waals surface area contributed by atoms with E-state index in [1.807, 2.05) is 0 Å². The summed E-state index contributed by atoms with van der Waals surface area (Å²) in [7, 11) is 1.67. The van der Waals surface area contributed by atoms with Gasteiger partial charge in [0.2, 0.25) is 5.60 Å². The molecule has 1 saturated heterocycles. The molecule has 0 bridgehead atoms. The molecule has 2 heterocycles. The second-order valence-electron chi connectivity index (χ2n) is 10.6. The molecule has 1 fully saturated rings. The van der Waals surface area contributed by atoms with Crippen LogP contribution < -0.4 is 16.4 Å². The number of rotatable bonds is 13. The van der Waals surface area contributed by atoms with Crippen LogP contribution in [-0.4, -0.2) is 91.2 Å². The van der Waals surface area contributed by atoms with Crippen molar-refractivity contribution in [2.75, 3.05) is 24.6 Å². The van der Waals surface area contributed by atoms with Gasteiger partial charge in [-0.1, -0.05) is 29.4 Å². The Morgan fingerprint density at radius 1 is 1.17 bits per heavy atom. The number of aliphatic carboxylic acids is 2. The number of benzene rings is 2. The summed E-state index contributed by atoms with van der Waals surface area (Å²) in [4.78, 5) is 63.9. The smallest absolute Gasteiger partial charge is 0.352 e. The van der Waals surface area contributed by atoms with Crippen molar-refractivity contribution >= 4 is 63.9 Å². The second kappa shape index (κ2) is 14.0. The van der Waals surface area contributed by atoms with E-state index < -0.39 is 41.1 Å². The normalized spacial score (nSPS) is 15.3. The maximum Gasteiger partial charge on any atom is 0.352 e. The number of nitrogens with one attached hydrogen (secondary N) is 2. The topological polar surface area (TPSA) is 249 Å². The van der Waals surface area contributed by atoms with Crippen LogP contribution in [0.15, 0.2) is 57.6 Å². The summed E-state index contributed by atoms with van der Waals surface area (Å²) in [6.07, 6.45) is 2.85. The predicted octanol–water partition coefficient (Wildman–Crippen LogP) is 1.83. The maximum atomic E-state index is 13.1. The molecule has 4 rings (SSSR count). The third kappa shape index (κ3) is 8.01. The van der Waals surface area contributed by atoms with Gasteiger partial charge in [0.1, 0.15) is 17.4 Å². The van der Waals surface area contributed by atoms with Crippen molar-refractivity contribution in [1.82, 2.24) is 15.2 Å². The number of amides is 2. The van der Waals surface area contributed by atoms with E-state index in [1.54, 1.807) is 31.3 Å². The fraction of sp³-hybridized carbons (Fsp3) is 0.233. The molecule has 16 nitrogen and oxygen atoms in total. The van der Waals surface area contributed by atoms with Gasteiger partial charge in [0.25, 0.3) is 11.8 Å². The summed E-state index contributed by atoms with van der Waals surface area (Å²) >= 11 is 1.00. The van der Waals surface area contributed by atoms with Crippen LogP contribution in [0, 0.1) is 0 Å². The number of nitrogens with two attached hydrogens (primary N) is 1. The molecule has 0 spiro atoms. The fourth-order valence-corrected chi connectivity index (χ4v) is 4.62. The van der Waals surface area contributed by atoms with Gasteiger partial charge >= 0.3 is 11.9 Å². The number of hydrogen-bond acceptors (Lipinski definition) is 13. The zero-order valence-corrected chi connectivity index (χ0v) is 26.1. The zero-order chi connectivity index (χ0) is 34.5. The van der Waals surface area contributed by atoms with Crippen LogP contribution >= 0.6 is 11.3 Å². The number of hydrogen-bond donors (Lipinski definition) is 7. The molecular formula is C30H31N7O9S. The second-order valence-corrected chi connectivity index (χ2v) is 11.5. The highest BCUT2D eigenvalue weighted by Crippen LogP contribution is 2.30. The Labute approximate surface area is 271 Å². The molecule has 246 valence electrons. The van der Waals surface area contributed by atoms with Gasteiger partial charge in [0.05, 0.1) is 13.1 Å². The number of oxime groups is 1. The number of aromatic nitrogens is 1. The lowest BCUT2D eigenvalue weighted by Crippen LogP contribution is -2.64. The fourth-order valence-electron chi connectivity index (χ4n) is 4.08. The molecule has 8 N–H and O–H groups in total. The van der Waals surface area contributed by atoms with Crippen molar-refractivity contribution in [3.63, 3.8) is 0 Å². The van der Waals surface area contributed by atoms with Crippen LogP contribution in [0.1, 0.15) is 36.2 Å². The number of nitrogens with zero attached hydrogens (tertiary/aromatic N) is 4. The molecule has 2 amide bonds. The molecule has 1 aliphatic rings. The number of aliphatic imine (C=N–C) groups is 1. The van der Waals surface area contributed by atoms with E-state index >= 15 is 0 Å². The summed E-state index contributed by atoms with van der Waals surface area (Å²) in [5, 5.41) is 49.1. The van der Waals surface area contributed by atoms with E-state index in [4.69, 9.17) is 10.6 Å². The van der Waals surface area contributed by atoms with Crippen molar-refractivity contribution in [1.29, 1.82) is 0 Å². The van der Waals surface area contributed by atoms with E-state index in [9.17, 15) is 39.6 Å². The lowest BCUT2D eigenvalue weighted by Gasteiger charge is -2.38. The molecule has 0 unspecified atom stereocenters. The van der Waals surface area contributed by atoms with Crippen LogP contribution in [-0.2, 0) is 30.6 Å². The summed E-state index contributed by atoms with van der Waals surface area (Å²) < 4.78 is 0. The van der Waals surface area contributed by atoms with Crippen molar-refractivity contribution in [2.24, 2.45) is 10.1 Å². The van der Waals surface area contributed by atoms with Crippen LogP contribution in [0.4, 0.5) is 10.8 Å². The Kier molecular flexibility index (Phi) is 10.1. The molecule has 1 atom stereocenters. The number of carbonyl (C=O) groups is 4. The number of phenolic OH excluding ortho intramolecular Hbond substituents is 2. The van der Waals surface area contributed by atoms with Gasteiger partial charge in [-0.3, -0.25) is 14.6 Å². The van der Waals surface area contributed by atoms with E-state index in [-0.39, 0.29) is 41.1 Å². The van der Waals surface area contributed by atoms with Crippen LogP contribution in [0.25, 0.3) is 6.08 Å². The minimum absolute atomic E-state index is 0.00237. The number of carboxylic acid groups (broad SMARTS) is 2. The molecule has 1 aromatic heterocycles. The van der Waals surface area contributed by atoms with Gasteiger partial charge < -0.3 is 46.5 Å². The number of thiazole rings is 1. The first-order valence-corrected chi connectivity index (χ1v) is 14.7. The van der Waals surface area contributed by atoms with Crippen molar-refractivity contribution in [2.45, 2.75) is 32.0 Å². The molecule has 0 saturated carbocycles. The first-order valence-electron chi connectivity index (χ1n) is 13.8. The number of aromatic hydroxyl groups is 2. The summed E-state index contributed by atoms with van der Waals surface area (Å²) in [6.45, 7) is 2.56. The summed E-state index contributed by atoms with van der Waals surface area (Å²) in [5.41, 5.74) is 5.57. The summed E-state index contributed by atoms with van der Waals surface area (Å²) in [5.74, 6) is -4.84. The minimum Gasteiger partial charge on any atom is -0.504 e. The molecular weight excluding hydrogens is 634 g/mol. The van der Waals surface area contributed by atoms with E-state index in [1.165, 1.54) is 43.7 Å². The maximum absolute atomic E-state index is 13.1. The average Bonchev–Trinajstić information content (AvgIpc) is 3.45. The van der Waals surface area contributed by atoms with Gasteiger partial charge in [-0.2, -0.15) is 0 Å². The van der Waals surface area contributed by atoms with Gasteiger partial charge in [0.15, 0.2) is 22.3 Å². The highest BCUT2D eigenvalue weighted by Gasteiger charge is 2.42. The average molecular weight is 666 g/mol. The Morgan fingerprint density at radius 2 is 1.85 bits per heavy atom. The van der Waals surface area contributed by atoms with Crippen molar-refractivity contribution < 1.29 is 44.4 Å². The largest absolute Gasteiger partial charge is 0.504 e. The van der Waals surface area contributed by atoms with Gasteiger partial charge in [-0.25, -0.2) is 14.6 Å². The Balaban J connectivity index is 1.42. The van der Waals surface area contributed by atoms with E-state index in [0.29, 0.717) is 16.8 Å². The quantitative estimate of drug-likeness (QED) is 0.0345.